The summed E-state index contributed by atoms with van der Waals surface area (Å²) < 4.78 is 10.7. The van der Waals surface area contributed by atoms with E-state index in [1.165, 1.54) is 0 Å². The third-order valence-electron chi connectivity index (χ3n) is 4.49. The van der Waals surface area contributed by atoms with Gasteiger partial charge in [0.2, 0.25) is 5.60 Å². The number of hydrogen-bond acceptors (Lipinski definition) is 4. The van der Waals surface area contributed by atoms with E-state index < -0.39 is 11.6 Å². The van der Waals surface area contributed by atoms with E-state index in [4.69, 9.17) is 9.47 Å². The molecule has 1 aliphatic heterocycles. The van der Waals surface area contributed by atoms with Crippen molar-refractivity contribution in [2.75, 3.05) is 0 Å². The molecule has 2 aliphatic carbocycles. The van der Waals surface area contributed by atoms with Gasteiger partial charge >= 0.3 is 11.9 Å². The highest BCUT2D eigenvalue weighted by molar-refractivity contribution is 5.90. The lowest BCUT2D eigenvalue weighted by Gasteiger charge is -2.33. The maximum atomic E-state index is 11.9. The largest absolute Gasteiger partial charge is 0.459 e. The summed E-state index contributed by atoms with van der Waals surface area (Å²) in [5.41, 5.74) is -1.02. The van der Waals surface area contributed by atoms with Crippen molar-refractivity contribution in [3.63, 3.8) is 0 Å². The molecule has 4 heteroatoms. The highest BCUT2D eigenvalue weighted by atomic mass is 16.6. The second-order valence-electron chi connectivity index (χ2n) is 4.99. The van der Waals surface area contributed by atoms with Gasteiger partial charge in [-0.05, 0) is 18.8 Å². The predicted octanol–water partition coefficient (Wildman–Crippen LogP) is 1.06. The molecule has 0 amide bonds. The number of hydrogen-bond donors (Lipinski definition) is 0. The summed E-state index contributed by atoms with van der Waals surface area (Å²) in [5, 5.41) is 0. The van der Waals surface area contributed by atoms with E-state index in [1.807, 2.05) is 6.92 Å². The third kappa shape index (κ3) is 0.907. The minimum Gasteiger partial charge on any atom is -0.459 e. The van der Waals surface area contributed by atoms with Crippen LogP contribution in [0.15, 0.2) is 12.7 Å². The van der Waals surface area contributed by atoms with Crippen LogP contribution in [0.5, 0.6) is 0 Å². The molecule has 0 N–H and O–H groups in total. The van der Waals surface area contributed by atoms with Crippen molar-refractivity contribution in [1.29, 1.82) is 0 Å². The van der Waals surface area contributed by atoms with Crippen LogP contribution in [0.1, 0.15) is 19.8 Å². The Morgan fingerprint density at radius 1 is 1.62 bits per heavy atom. The van der Waals surface area contributed by atoms with Crippen molar-refractivity contribution in [2.24, 2.45) is 17.8 Å². The van der Waals surface area contributed by atoms with Crippen LogP contribution < -0.4 is 0 Å². The molecule has 0 aromatic carbocycles. The predicted molar refractivity (Wildman–Crippen MR) is 54.3 cm³/mol. The van der Waals surface area contributed by atoms with Crippen molar-refractivity contribution in [3.05, 3.63) is 12.7 Å². The van der Waals surface area contributed by atoms with Crippen LogP contribution in [-0.4, -0.2) is 23.6 Å². The van der Waals surface area contributed by atoms with Gasteiger partial charge in [-0.15, -0.1) is 0 Å². The first-order chi connectivity index (χ1) is 7.59. The first kappa shape index (κ1) is 9.87. The number of ether oxygens (including phenoxy) is 2. The van der Waals surface area contributed by atoms with Crippen molar-refractivity contribution >= 4 is 11.9 Å². The van der Waals surface area contributed by atoms with Gasteiger partial charge in [-0.3, -0.25) is 0 Å². The monoisotopic (exact) mass is 222 g/mol. The lowest BCUT2D eigenvalue weighted by molar-refractivity contribution is -0.175. The Morgan fingerprint density at radius 3 is 3.00 bits per heavy atom. The standard InChI is InChI=1S/C12H14O4/c1-3-10(13)16-12-6(2)7-4-8(12)9(5-7)15-11(12)14/h3,6-9H,1,4-5H2,2H3. The molecule has 0 radical (unpaired) electrons. The van der Waals surface area contributed by atoms with Crippen molar-refractivity contribution < 1.29 is 19.1 Å². The maximum absolute atomic E-state index is 11.9. The zero-order chi connectivity index (χ0) is 11.5. The number of rotatable bonds is 2. The highest BCUT2D eigenvalue weighted by Gasteiger charge is 2.73. The van der Waals surface area contributed by atoms with Crippen LogP contribution in [0, 0.1) is 17.8 Å². The lowest BCUT2D eigenvalue weighted by Crippen LogP contribution is -2.49. The molecule has 0 spiro atoms. The summed E-state index contributed by atoms with van der Waals surface area (Å²) in [4.78, 5) is 23.3. The minimum absolute atomic E-state index is 0.0358. The molecule has 3 aliphatic rings. The SMILES string of the molecule is C=CC(=O)OC12C(=O)OC3CC(CC31)C2C. The van der Waals surface area contributed by atoms with Gasteiger partial charge in [0.15, 0.2) is 0 Å². The third-order valence-corrected chi connectivity index (χ3v) is 4.49. The van der Waals surface area contributed by atoms with Crippen LogP contribution in [0.3, 0.4) is 0 Å². The highest BCUT2D eigenvalue weighted by Crippen LogP contribution is 2.61. The Morgan fingerprint density at radius 2 is 2.38 bits per heavy atom. The van der Waals surface area contributed by atoms with E-state index >= 15 is 0 Å². The van der Waals surface area contributed by atoms with E-state index in [0.717, 1.165) is 18.9 Å². The van der Waals surface area contributed by atoms with Crippen LogP contribution in [0.4, 0.5) is 0 Å². The molecule has 3 fully saturated rings. The van der Waals surface area contributed by atoms with Gasteiger partial charge in [0.1, 0.15) is 6.10 Å². The molecule has 1 heterocycles. The average molecular weight is 222 g/mol. The second-order valence-corrected chi connectivity index (χ2v) is 4.99. The van der Waals surface area contributed by atoms with Crippen molar-refractivity contribution in [3.8, 4) is 0 Å². The molecule has 2 saturated carbocycles. The van der Waals surface area contributed by atoms with E-state index in [-0.39, 0.29) is 23.9 Å². The van der Waals surface area contributed by atoms with Crippen LogP contribution in [0.2, 0.25) is 0 Å². The van der Waals surface area contributed by atoms with Gasteiger partial charge in [-0.25, -0.2) is 9.59 Å². The molecule has 3 rings (SSSR count). The normalized spacial score (nSPS) is 47.9. The van der Waals surface area contributed by atoms with E-state index in [0.29, 0.717) is 5.92 Å². The molecule has 2 bridgehead atoms. The van der Waals surface area contributed by atoms with Crippen molar-refractivity contribution in [2.45, 2.75) is 31.5 Å². The summed E-state index contributed by atoms with van der Waals surface area (Å²) in [6.45, 7) is 5.34. The average Bonchev–Trinajstić information content (AvgIpc) is 2.82. The summed E-state index contributed by atoms with van der Waals surface area (Å²) in [6.07, 6.45) is 2.92. The molecule has 86 valence electrons. The van der Waals surface area contributed by atoms with Gasteiger partial charge in [0.25, 0.3) is 0 Å². The van der Waals surface area contributed by atoms with Gasteiger partial charge in [0.05, 0.1) is 0 Å². The van der Waals surface area contributed by atoms with Gasteiger partial charge in [-0.2, -0.15) is 0 Å². The smallest absolute Gasteiger partial charge is 0.351 e. The summed E-state index contributed by atoms with van der Waals surface area (Å²) in [7, 11) is 0. The summed E-state index contributed by atoms with van der Waals surface area (Å²) >= 11 is 0. The zero-order valence-electron chi connectivity index (χ0n) is 9.14. The van der Waals surface area contributed by atoms with Crippen molar-refractivity contribution in [1.82, 2.24) is 0 Å². The topological polar surface area (TPSA) is 52.6 Å². The lowest BCUT2D eigenvalue weighted by atomic mass is 9.77. The van der Waals surface area contributed by atoms with Gasteiger partial charge in [-0.1, -0.05) is 13.5 Å². The number of esters is 2. The number of carbonyl (C=O) groups excluding carboxylic acids is 2. The summed E-state index contributed by atoms with van der Waals surface area (Å²) in [6, 6.07) is 0. The van der Waals surface area contributed by atoms with Gasteiger partial charge in [0, 0.05) is 17.9 Å². The molecular weight excluding hydrogens is 208 g/mol. The molecule has 1 saturated heterocycles. The fourth-order valence-corrected chi connectivity index (χ4v) is 3.70. The molecule has 16 heavy (non-hydrogen) atoms. The van der Waals surface area contributed by atoms with Gasteiger partial charge < -0.3 is 9.47 Å². The summed E-state index contributed by atoms with van der Waals surface area (Å²) in [5.74, 6) is -0.321. The quantitative estimate of drug-likeness (QED) is 0.517. The fourth-order valence-electron chi connectivity index (χ4n) is 3.70. The van der Waals surface area contributed by atoms with Crippen LogP contribution in [-0.2, 0) is 19.1 Å². The zero-order valence-corrected chi connectivity index (χ0v) is 9.14. The Hall–Kier alpha value is -1.32. The van der Waals surface area contributed by atoms with Crippen LogP contribution in [0.25, 0.3) is 0 Å². The molecule has 5 atom stereocenters. The number of carbonyl (C=O) groups is 2. The molecule has 0 aromatic heterocycles. The number of fused-ring (bicyclic) bond motifs is 1. The molecule has 4 nitrogen and oxygen atoms in total. The Balaban J connectivity index is 2.00. The first-order valence-corrected chi connectivity index (χ1v) is 5.66. The Kier molecular flexibility index (Phi) is 1.77. The molecular formula is C12H14O4. The Bertz CT molecular complexity index is 388. The molecule has 0 aromatic rings. The van der Waals surface area contributed by atoms with E-state index in [2.05, 4.69) is 6.58 Å². The second kappa shape index (κ2) is 2.87. The molecule has 5 unspecified atom stereocenters. The minimum atomic E-state index is -1.02. The fraction of sp³-hybridized carbons (Fsp3) is 0.667. The van der Waals surface area contributed by atoms with Crippen LogP contribution >= 0.6 is 0 Å². The Labute approximate surface area is 93.6 Å². The first-order valence-electron chi connectivity index (χ1n) is 5.66. The maximum Gasteiger partial charge on any atom is 0.351 e. The van der Waals surface area contributed by atoms with E-state index in [9.17, 15) is 9.59 Å². The van der Waals surface area contributed by atoms with E-state index in [1.54, 1.807) is 0 Å².